The average Bonchev–Trinajstić information content (AvgIpc) is 2.43. The maximum absolute atomic E-state index is 12.3. The van der Waals surface area contributed by atoms with Crippen LogP contribution in [0.3, 0.4) is 0 Å². The van der Waals surface area contributed by atoms with Gasteiger partial charge in [0.25, 0.3) is 11.6 Å². The molecule has 0 fully saturated rings. The Labute approximate surface area is 127 Å². The molecule has 0 bridgehead atoms. The molecule has 21 heavy (non-hydrogen) atoms. The first kappa shape index (κ1) is 16.9. The van der Waals surface area contributed by atoms with Gasteiger partial charge in [-0.25, -0.2) is 0 Å². The summed E-state index contributed by atoms with van der Waals surface area (Å²) >= 11 is 5.71. The molecule has 1 aromatic rings. The van der Waals surface area contributed by atoms with Crippen LogP contribution in [0.5, 0.6) is 0 Å². The molecule has 1 rings (SSSR count). The van der Waals surface area contributed by atoms with E-state index in [0.717, 1.165) is 6.07 Å². The Balaban J connectivity index is 3.03. The minimum atomic E-state index is -0.652. The van der Waals surface area contributed by atoms with Crippen molar-refractivity contribution in [3.05, 3.63) is 38.9 Å². The van der Waals surface area contributed by atoms with Gasteiger partial charge in [-0.15, -0.1) is 0 Å². The van der Waals surface area contributed by atoms with Crippen molar-refractivity contribution in [3.63, 3.8) is 0 Å². The lowest BCUT2D eigenvalue weighted by molar-refractivity contribution is -0.384. The highest BCUT2D eigenvalue weighted by Gasteiger charge is 2.21. The lowest BCUT2D eigenvalue weighted by Gasteiger charge is -2.22. The van der Waals surface area contributed by atoms with Gasteiger partial charge in [0.1, 0.15) is 5.02 Å². The molecule has 0 unspecified atom stereocenters. The SMILES string of the molecule is CCN(CC(=O)N(C)C)C(=O)c1ccc(Cl)c([N+](=O)[O-])c1. The summed E-state index contributed by atoms with van der Waals surface area (Å²) in [5.41, 5.74) is -0.211. The van der Waals surface area contributed by atoms with Crippen molar-refractivity contribution in [1.82, 2.24) is 9.80 Å². The first-order chi connectivity index (χ1) is 9.77. The van der Waals surface area contributed by atoms with Crippen molar-refractivity contribution in [2.24, 2.45) is 0 Å². The fourth-order valence-corrected chi connectivity index (χ4v) is 1.79. The van der Waals surface area contributed by atoms with Crippen LogP contribution >= 0.6 is 11.6 Å². The van der Waals surface area contributed by atoms with Crippen molar-refractivity contribution in [3.8, 4) is 0 Å². The number of nitro benzene ring substituents is 1. The van der Waals surface area contributed by atoms with Crippen LogP contribution in [0.15, 0.2) is 18.2 Å². The number of nitro groups is 1. The molecule has 0 saturated carbocycles. The van der Waals surface area contributed by atoms with Crippen LogP contribution in [0.1, 0.15) is 17.3 Å². The normalized spacial score (nSPS) is 10.1. The van der Waals surface area contributed by atoms with Crippen LogP contribution in [0.2, 0.25) is 5.02 Å². The first-order valence-corrected chi connectivity index (χ1v) is 6.59. The highest BCUT2D eigenvalue weighted by Crippen LogP contribution is 2.25. The van der Waals surface area contributed by atoms with Crippen LogP contribution in [-0.2, 0) is 4.79 Å². The summed E-state index contributed by atoms with van der Waals surface area (Å²) in [4.78, 5) is 36.9. The molecule has 114 valence electrons. The molecule has 1 aromatic carbocycles. The number of likely N-dealkylation sites (N-methyl/N-ethyl adjacent to an activating group) is 2. The summed E-state index contributed by atoms with van der Waals surface area (Å²) in [6.45, 7) is 1.96. The zero-order valence-electron chi connectivity index (χ0n) is 12.0. The van der Waals surface area contributed by atoms with E-state index in [1.54, 1.807) is 21.0 Å². The van der Waals surface area contributed by atoms with E-state index in [4.69, 9.17) is 11.6 Å². The maximum atomic E-state index is 12.3. The van der Waals surface area contributed by atoms with Gasteiger partial charge in [-0.1, -0.05) is 11.6 Å². The smallest absolute Gasteiger partial charge is 0.288 e. The fourth-order valence-electron chi connectivity index (χ4n) is 1.60. The Morgan fingerprint density at radius 1 is 1.33 bits per heavy atom. The zero-order chi connectivity index (χ0) is 16.2. The molecule has 0 aliphatic carbocycles. The highest BCUT2D eigenvalue weighted by molar-refractivity contribution is 6.32. The fraction of sp³-hybridized carbons (Fsp3) is 0.385. The van der Waals surface area contributed by atoms with E-state index in [2.05, 4.69) is 0 Å². The van der Waals surface area contributed by atoms with Crippen LogP contribution in [0.25, 0.3) is 0 Å². The topological polar surface area (TPSA) is 83.8 Å². The van der Waals surface area contributed by atoms with Gasteiger partial charge in [-0.2, -0.15) is 0 Å². The molecule has 2 amide bonds. The Kier molecular flexibility index (Phi) is 5.66. The van der Waals surface area contributed by atoms with E-state index >= 15 is 0 Å². The van der Waals surface area contributed by atoms with Gasteiger partial charge >= 0.3 is 0 Å². The van der Waals surface area contributed by atoms with E-state index in [0.29, 0.717) is 6.54 Å². The number of benzene rings is 1. The summed E-state index contributed by atoms with van der Waals surface area (Å²) in [6, 6.07) is 3.82. The van der Waals surface area contributed by atoms with Crippen LogP contribution in [0, 0.1) is 10.1 Å². The molecule has 0 N–H and O–H groups in total. The summed E-state index contributed by atoms with van der Waals surface area (Å²) < 4.78 is 0. The third-order valence-corrected chi connectivity index (χ3v) is 3.20. The second-order valence-electron chi connectivity index (χ2n) is 4.53. The second-order valence-corrected chi connectivity index (χ2v) is 4.94. The highest BCUT2D eigenvalue weighted by atomic mass is 35.5. The minimum absolute atomic E-state index is 0.0380. The Bertz CT molecular complexity index is 575. The third kappa shape index (κ3) is 4.16. The number of carbonyl (C=O) groups excluding carboxylic acids is 2. The first-order valence-electron chi connectivity index (χ1n) is 6.21. The average molecular weight is 314 g/mol. The molecule has 0 aliphatic heterocycles. The standard InChI is InChI=1S/C13H16ClN3O4/c1-4-16(8-12(18)15(2)3)13(19)9-5-6-10(14)11(7-9)17(20)21/h5-7H,4,8H2,1-3H3. The number of hydrogen-bond donors (Lipinski definition) is 0. The van der Waals surface area contributed by atoms with Crippen molar-refractivity contribution < 1.29 is 14.5 Å². The predicted molar refractivity (Wildman–Crippen MR) is 78.4 cm³/mol. The number of amides is 2. The molecule has 0 aromatic heterocycles. The quantitative estimate of drug-likeness (QED) is 0.613. The van der Waals surface area contributed by atoms with Crippen LogP contribution in [-0.4, -0.2) is 53.7 Å². The van der Waals surface area contributed by atoms with E-state index in [-0.39, 0.29) is 28.7 Å². The van der Waals surface area contributed by atoms with E-state index in [1.165, 1.54) is 21.9 Å². The Hall–Kier alpha value is -2.15. The largest absolute Gasteiger partial charge is 0.347 e. The molecule has 8 heteroatoms. The van der Waals surface area contributed by atoms with Gasteiger partial charge in [-0.05, 0) is 19.1 Å². The van der Waals surface area contributed by atoms with Crippen LogP contribution in [0.4, 0.5) is 5.69 Å². The lowest BCUT2D eigenvalue weighted by Crippen LogP contribution is -2.40. The monoisotopic (exact) mass is 313 g/mol. The van der Waals surface area contributed by atoms with Gasteiger partial charge in [-0.3, -0.25) is 19.7 Å². The van der Waals surface area contributed by atoms with Crippen molar-refractivity contribution in [1.29, 1.82) is 0 Å². The van der Waals surface area contributed by atoms with Gasteiger partial charge in [0.05, 0.1) is 11.5 Å². The molecule has 0 atom stereocenters. The minimum Gasteiger partial charge on any atom is -0.347 e. The number of halogens is 1. The third-order valence-electron chi connectivity index (χ3n) is 2.88. The predicted octanol–water partition coefficient (Wildman–Crippen LogP) is 1.80. The lowest BCUT2D eigenvalue weighted by atomic mass is 10.1. The van der Waals surface area contributed by atoms with Gasteiger partial charge in [0.15, 0.2) is 0 Å². The number of nitrogens with zero attached hydrogens (tertiary/aromatic N) is 3. The molecule has 0 radical (unpaired) electrons. The van der Waals surface area contributed by atoms with Gasteiger partial charge < -0.3 is 9.80 Å². The van der Waals surface area contributed by atoms with Gasteiger partial charge in [0.2, 0.25) is 5.91 Å². The molecule has 0 saturated heterocycles. The van der Waals surface area contributed by atoms with E-state index < -0.39 is 10.8 Å². The molecular formula is C13H16ClN3O4. The number of rotatable bonds is 5. The Morgan fingerprint density at radius 3 is 2.43 bits per heavy atom. The van der Waals surface area contributed by atoms with Crippen molar-refractivity contribution in [2.75, 3.05) is 27.2 Å². The van der Waals surface area contributed by atoms with Gasteiger partial charge in [0, 0.05) is 32.3 Å². The number of carbonyl (C=O) groups is 2. The van der Waals surface area contributed by atoms with Crippen molar-refractivity contribution >= 4 is 29.1 Å². The van der Waals surface area contributed by atoms with E-state index in [1.807, 2.05) is 0 Å². The molecular weight excluding hydrogens is 298 g/mol. The molecule has 0 aliphatic rings. The second kappa shape index (κ2) is 7.03. The number of hydrogen-bond acceptors (Lipinski definition) is 4. The summed E-state index contributed by atoms with van der Waals surface area (Å²) in [7, 11) is 3.18. The summed E-state index contributed by atoms with van der Waals surface area (Å²) in [5, 5.41) is 10.8. The maximum Gasteiger partial charge on any atom is 0.288 e. The van der Waals surface area contributed by atoms with Crippen LogP contribution < -0.4 is 0 Å². The Morgan fingerprint density at radius 2 is 1.95 bits per heavy atom. The van der Waals surface area contributed by atoms with E-state index in [9.17, 15) is 19.7 Å². The summed E-state index contributed by atoms with van der Waals surface area (Å²) in [5.74, 6) is -0.680. The molecule has 0 spiro atoms. The summed E-state index contributed by atoms with van der Waals surface area (Å²) in [6.07, 6.45) is 0. The molecule has 0 heterocycles. The zero-order valence-corrected chi connectivity index (χ0v) is 12.8. The molecule has 7 nitrogen and oxygen atoms in total. The van der Waals surface area contributed by atoms with Crippen molar-refractivity contribution in [2.45, 2.75) is 6.92 Å².